The lowest BCUT2D eigenvalue weighted by Gasteiger charge is -2.20. The maximum Gasteiger partial charge on any atom is 0.256 e. The number of fused-ring (bicyclic) bond motifs is 1. The predicted molar refractivity (Wildman–Crippen MR) is 98.9 cm³/mol. The second-order valence-corrected chi connectivity index (χ2v) is 6.72. The van der Waals surface area contributed by atoms with Crippen molar-refractivity contribution >= 4 is 34.8 Å². The molecule has 1 aromatic carbocycles. The number of amides is 2. The molecule has 2 amide bonds. The van der Waals surface area contributed by atoms with Gasteiger partial charge in [-0.3, -0.25) is 9.59 Å². The normalized spacial score (nSPS) is 18.9. The molecule has 5 heteroatoms. The number of nitrogens with one attached hydrogen (secondary N) is 3. The first-order valence-corrected chi connectivity index (χ1v) is 8.82. The van der Waals surface area contributed by atoms with E-state index in [9.17, 15) is 9.59 Å². The Kier molecular flexibility index (Phi) is 4.14. The highest BCUT2D eigenvalue weighted by Crippen LogP contribution is 2.35. The van der Waals surface area contributed by atoms with Gasteiger partial charge in [0.2, 0.25) is 5.91 Å². The van der Waals surface area contributed by atoms with Crippen LogP contribution in [-0.4, -0.2) is 16.8 Å². The van der Waals surface area contributed by atoms with Gasteiger partial charge in [-0.2, -0.15) is 0 Å². The summed E-state index contributed by atoms with van der Waals surface area (Å²) in [6, 6.07) is 9.37. The van der Waals surface area contributed by atoms with Crippen LogP contribution in [0.1, 0.15) is 43.4 Å². The third-order valence-corrected chi connectivity index (χ3v) is 4.97. The second kappa shape index (κ2) is 6.59. The molecule has 2 heterocycles. The molecule has 1 fully saturated rings. The molecule has 0 atom stereocenters. The van der Waals surface area contributed by atoms with E-state index in [0.717, 1.165) is 48.3 Å². The first-order valence-electron chi connectivity index (χ1n) is 8.82. The number of H-pyrrole nitrogens is 1. The summed E-state index contributed by atoms with van der Waals surface area (Å²) in [5, 5.41) is 5.89. The minimum absolute atomic E-state index is 0.0897. The van der Waals surface area contributed by atoms with Gasteiger partial charge in [-0.15, -0.1) is 0 Å². The Morgan fingerprint density at radius 3 is 2.76 bits per heavy atom. The molecular formula is C20H21N3O2. The van der Waals surface area contributed by atoms with Gasteiger partial charge in [-0.25, -0.2) is 0 Å². The van der Waals surface area contributed by atoms with Crippen molar-refractivity contribution in [2.75, 3.05) is 10.6 Å². The Hall–Kier alpha value is -2.82. The molecule has 0 bridgehead atoms. The van der Waals surface area contributed by atoms with Crippen LogP contribution in [0.2, 0.25) is 0 Å². The van der Waals surface area contributed by atoms with E-state index in [1.54, 1.807) is 0 Å². The number of carbonyl (C=O) groups excluding carboxylic acids is 2. The highest BCUT2D eigenvalue weighted by atomic mass is 16.2. The van der Waals surface area contributed by atoms with Crippen LogP contribution in [0.3, 0.4) is 0 Å². The summed E-state index contributed by atoms with van der Waals surface area (Å²) in [5.74, 6) is 0.0721. The van der Waals surface area contributed by atoms with Gasteiger partial charge in [0.15, 0.2) is 0 Å². The Labute approximate surface area is 146 Å². The summed E-state index contributed by atoms with van der Waals surface area (Å²) in [7, 11) is 0. The first-order chi connectivity index (χ1) is 12.2. The average Bonchev–Trinajstić information content (AvgIpc) is 3.25. The van der Waals surface area contributed by atoms with Crippen LogP contribution in [0.15, 0.2) is 36.5 Å². The van der Waals surface area contributed by atoms with Crippen LogP contribution in [-0.2, 0) is 9.59 Å². The molecule has 1 saturated carbocycles. The zero-order valence-electron chi connectivity index (χ0n) is 14.0. The zero-order chi connectivity index (χ0) is 17.2. The summed E-state index contributed by atoms with van der Waals surface area (Å²) < 4.78 is 0. The van der Waals surface area contributed by atoms with E-state index in [1.807, 2.05) is 42.6 Å². The lowest BCUT2D eigenvalue weighted by atomic mass is 9.88. The molecule has 1 aliphatic carbocycles. The summed E-state index contributed by atoms with van der Waals surface area (Å²) in [5.41, 5.74) is 3.81. The summed E-state index contributed by atoms with van der Waals surface area (Å²) in [6.07, 6.45) is 9.06. The molecule has 0 radical (unpaired) electrons. The fourth-order valence-electron chi connectivity index (χ4n) is 3.61. The van der Waals surface area contributed by atoms with E-state index in [2.05, 4.69) is 15.6 Å². The van der Waals surface area contributed by atoms with Gasteiger partial charge in [-0.05, 0) is 49.2 Å². The quantitative estimate of drug-likeness (QED) is 0.741. The van der Waals surface area contributed by atoms with Gasteiger partial charge in [0.1, 0.15) is 0 Å². The maximum absolute atomic E-state index is 12.5. The Morgan fingerprint density at radius 2 is 2.00 bits per heavy atom. The van der Waals surface area contributed by atoms with E-state index in [1.165, 1.54) is 6.42 Å². The topological polar surface area (TPSA) is 74.0 Å². The number of aromatic amines is 1. The highest BCUT2D eigenvalue weighted by molar-refractivity contribution is 6.35. The van der Waals surface area contributed by atoms with Crippen molar-refractivity contribution in [2.24, 2.45) is 5.92 Å². The molecule has 5 nitrogen and oxygen atoms in total. The number of benzene rings is 1. The Balaban J connectivity index is 1.58. The van der Waals surface area contributed by atoms with Crippen LogP contribution in [0.25, 0.3) is 11.6 Å². The molecule has 1 aromatic heterocycles. The Morgan fingerprint density at radius 1 is 1.16 bits per heavy atom. The molecular weight excluding hydrogens is 314 g/mol. The van der Waals surface area contributed by atoms with E-state index < -0.39 is 0 Å². The lowest BCUT2D eigenvalue weighted by molar-refractivity contribution is -0.120. The van der Waals surface area contributed by atoms with Crippen LogP contribution < -0.4 is 10.6 Å². The molecule has 2 aromatic rings. The SMILES string of the molecule is O=C1Nc2ccc(NC(=O)C3CCCCC3)cc2/C1=C/c1ccc[nH]1. The summed E-state index contributed by atoms with van der Waals surface area (Å²) in [6.45, 7) is 0. The average molecular weight is 335 g/mol. The largest absolute Gasteiger partial charge is 0.362 e. The number of rotatable bonds is 3. The van der Waals surface area contributed by atoms with Crippen molar-refractivity contribution in [3.8, 4) is 0 Å². The standard InChI is InChI=1S/C20H21N3O2/c24-19(13-5-2-1-3-6-13)22-15-8-9-18-16(12-15)17(20(25)23-18)11-14-7-4-10-21-14/h4,7-13,21H,1-3,5-6H2,(H,22,24)(H,23,25)/b17-11-. The molecule has 128 valence electrons. The molecule has 0 unspecified atom stereocenters. The summed E-state index contributed by atoms with van der Waals surface area (Å²) >= 11 is 0. The van der Waals surface area contributed by atoms with E-state index in [4.69, 9.17) is 0 Å². The molecule has 4 rings (SSSR count). The number of hydrogen-bond donors (Lipinski definition) is 3. The van der Waals surface area contributed by atoms with Gasteiger partial charge < -0.3 is 15.6 Å². The third-order valence-electron chi connectivity index (χ3n) is 4.97. The van der Waals surface area contributed by atoms with Crippen molar-refractivity contribution in [3.05, 3.63) is 47.8 Å². The maximum atomic E-state index is 12.5. The van der Waals surface area contributed by atoms with Crippen molar-refractivity contribution < 1.29 is 9.59 Å². The van der Waals surface area contributed by atoms with Gasteiger partial charge in [-0.1, -0.05) is 19.3 Å². The van der Waals surface area contributed by atoms with Crippen molar-refractivity contribution in [3.63, 3.8) is 0 Å². The smallest absolute Gasteiger partial charge is 0.256 e. The Bertz CT molecular complexity index is 831. The fourth-order valence-corrected chi connectivity index (χ4v) is 3.61. The van der Waals surface area contributed by atoms with Crippen LogP contribution in [0.5, 0.6) is 0 Å². The van der Waals surface area contributed by atoms with Gasteiger partial charge in [0.05, 0.1) is 5.57 Å². The molecule has 2 aliphatic rings. The van der Waals surface area contributed by atoms with Gasteiger partial charge >= 0.3 is 0 Å². The summed E-state index contributed by atoms with van der Waals surface area (Å²) in [4.78, 5) is 27.8. The minimum Gasteiger partial charge on any atom is -0.362 e. The van der Waals surface area contributed by atoms with Crippen LogP contribution in [0, 0.1) is 5.92 Å². The number of anilines is 2. The van der Waals surface area contributed by atoms with Crippen LogP contribution >= 0.6 is 0 Å². The van der Waals surface area contributed by atoms with Gasteiger partial charge in [0.25, 0.3) is 5.91 Å². The minimum atomic E-state index is -0.125. The van der Waals surface area contributed by atoms with Gasteiger partial charge in [0, 0.05) is 34.7 Å². The highest BCUT2D eigenvalue weighted by Gasteiger charge is 2.26. The number of carbonyl (C=O) groups is 2. The molecule has 0 spiro atoms. The monoisotopic (exact) mass is 335 g/mol. The number of aromatic nitrogens is 1. The van der Waals surface area contributed by atoms with Crippen LogP contribution in [0.4, 0.5) is 11.4 Å². The fraction of sp³-hybridized carbons (Fsp3) is 0.300. The zero-order valence-corrected chi connectivity index (χ0v) is 14.0. The van der Waals surface area contributed by atoms with E-state index in [-0.39, 0.29) is 17.7 Å². The molecule has 3 N–H and O–H groups in total. The molecule has 25 heavy (non-hydrogen) atoms. The molecule has 1 aliphatic heterocycles. The van der Waals surface area contributed by atoms with E-state index in [0.29, 0.717) is 5.57 Å². The first kappa shape index (κ1) is 15.7. The lowest BCUT2D eigenvalue weighted by Crippen LogP contribution is -2.24. The van der Waals surface area contributed by atoms with Crippen molar-refractivity contribution in [1.82, 2.24) is 4.98 Å². The number of hydrogen-bond acceptors (Lipinski definition) is 2. The predicted octanol–water partition coefficient (Wildman–Crippen LogP) is 4.03. The second-order valence-electron chi connectivity index (χ2n) is 6.72. The van der Waals surface area contributed by atoms with E-state index >= 15 is 0 Å². The van der Waals surface area contributed by atoms with Crippen molar-refractivity contribution in [2.45, 2.75) is 32.1 Å². The third kappa shape index (κ3) is 3.22. The molecule has 0 saturated heterocycles. The van der Waals surface area contributed by atoms with Crippen molar-refractivity contribution in [1.29, 1.82) is 0 Å².